The zero-order valence-corrected chi connectivity index (χ0v) is 10.3. The summed E-state index contributed by atoms with van der Waals surface area (Å²) in [5.41, 5.74) is 1.34. The molecule has 0 saturated heterocycles. The van der Waals surface area contributed by atoms with Crippen LogP contribution in [0.5, 0.6) is 5.75 Å². The minimum Gasteiger partial charge on any atom is -0.575 e. The van der Waals surface area contributed by atoms with Gasteiger partial charge in [0.2, 0.25) is 0 Å². The maximum atomic E-state index is 4.82. The van der Waals surface area contributed by atoms with Gasteiger partial charge < -0.3 is 4.52 Å². The lowest BCUT2D eigenvalue weighted by molar-refractivity contribution is 0.309. The number of benzene rings is 1. The van der Waals surface area contributed by atoms with E-state index in [4.69, 9.17) is 4.52 Å². The average Bonchev–Trinajstić information content (AvgIpc) is 2.15. The molecule has 1 nitrogen and oxygen atoms in total. The summed E-state index contributed by atoms with van der Waals surface area (Å²) in [7, 11) is -0.230. The van der Waals surface area contributed by atoms with Gasteiger partial charge in [-0.3, -0.25) is 0 Å². The van der Waals surface area contributed by atoms with Crippen LogP contribution in [0.1, 0.15) is 27.7 Å². The molecule has 0 amide bonds. The lowest BCUT2D eigenvalue weighted by atomic mass is 10.3. The van der Waals surface area contributed by atoms with Crippen LogP contribution < -0.4 is 0 Å². The van der Waals surface area contributed by atoms with E-state index in [2.05, 4.69) is 39.8 Å². The molecule has 2 heteroatoms. The Balaban J connectivity index is 2.65. The zero-order chi connectivity index (χ0) is 10.6. The lowest BCUT2D eigenvalue weighted by Crippen LogP contribution is -2.06. The van der Waals surface area contributed by atoms with E-state index >= 15 is 0 Å². The molecule has 0 aliphatic heterocycles. The number of para-hydroxylation sites is 1. The van der Waals surface area contributed by atoms with Crippen LogP contribution in [-0.4, -0.2) is 15.8 Å². The van der Waals surface area contributed by atoms with Gasteiger partial charge >= 0.3 is 0 Å². The van der Waals surface area contributed by atoms with E-state index < -0.39 is 0 Å². The highest BCUT2D eigenvalue weighted by Gasteiger charge is 2.26. The van der Waals surface area contributed by atoms with E-state index in [1.807, 2.05) is 18.2 Å². The second-order valence-electron chi connectivity index (χ2n) is 4.00. The third kappa shape index (κ3) is 3.31. The summed E-state index contributed by atoms with van der Waals surface area (Å²) in [6.07, 6.45) is 0. The summed E-state index contributed by atoms with van der Waals surface area (Å²) in [6.45, 7) is 9.05. The lowest BCUT2D eigenvalue weighted by Gasteiger charge is -2.20. The number of aromatic hydroxyl groups is 1. The topological polar surface area (TPSA) is 12.8 Å². The van der Waals surface area contributed by atoms with Crippen LogP contribution in [-0.2, 0) is 0 Å². The summed E-state index contributed by atoms with van der Waals surface area (Å²) >= 11 is 0. The van der Waals surface area contributed by atoms with E-state index in [9.17, 15) is 0 Å². The quantitative estimate of drug-likeness (QED) is 0.524. The second-order valence-corrected chi connectivity index (χ2v) is 7.03. The van der Waals surface area contributed by atoms with Crippen molar-refractivity contribution >= 4 is 8.15 Å². The molecule has 0 atom stereocenters. The first-order valence-corrected chi connectivity index (χ1v) is 6.59. The zero-order valence-electron chi connectivity index (χ0n) is 9.44. The van der Waals surface area contributed by atoms with Crippen LogP contribution in [0.25, 0.3) is 0 Å². The van der Waals surface area contributed by atoms with Gasteiger partial charge in [-0.25, -0.2) is 0 Å². The summed E-state index contributed by atoms with van der Waals surface area (Å²) in [6, 6.07) is 10.3. The van der Waals surface area contributed by atoms with Crippen molar-refractivity contribution < 1.29 is 4.52 Å². The minimum atomic E-state index is -0.230. The molecule has 0 saturated carbocycles. The molecular formula is C12H20OP+. The molecule has 1 aromatic rings. The Kier molecular flexibility index (Phi) is 4.41. The van der Waals surface area contributed by atoms with Gasteiger partial charge in [0.25, 0.3) is 13.9 Å². The molecular weight excluding hydrogens is 191 g/mol. The first-order valence-electron chi connectivity index (χ1n) is 5.16. The van der Waals surface area contributed by atoms with Crippen molar-refractivity contribution in [3.8, 4) is 5.75 Å². The van der Waals surface area contributed by atoms with Gasteiger partial charge in [-0.2, -0.15) is 0 Å². The molecule has 0 bridgehead atoms. The molecule has 1 rings (SSSR count). The van der Waals surface area contributed by atoms with Crippen LogP contribution in [0.4, 0.5) is 0 Å². The van der Waals surface area contributed by atoms with Gasteiger partial charge in [-0.1, -0.05) is 45.9 Å². The summed E-state index contributed by atoms with van der Waals surface area (Å²) < 4.78 is 4.82. The molecule has 78 valence electrons. The van der Waals surface area contributed by atoms with E-state index in [1.54, 1.807) is 0 Å². The van der Waals surface area contributed by atoms with Crippen LogP contribution in [0, 0.1) is 0 Å². The first-order chi connectivity index (χ1) is 6.61. The first kappa shape index (κ1) is 11.5. The van der Waals surface area contributed by atoms with E-state index in [0.29, 0.717) is 11.3 Å². The normalized spacial score (nSPS) is 11.4. The van der Waals surface area contributed by atoms with Crippen LogP contribution >= 0.6 is 8.15 Å². The molecule has 1 aromatic carbocycles. The Hall–Kier alpha value is -0.550. The van der Waals surface area contributed by atoms with Gasteiger partial charge in [-0.05, 0) is 0 Å². The fraction of sp³-hybridized carbons (Fsp3) is 0.500. The van der Waals surface area contributed by atoms with E-state index in [0.717, 1.165) is 5.75 Å². The number of hydrogen-bond acceptors (Lipinski definition) is 0. The summed E-state index contributed by atoms with van der Waals surface area (Å²) in [5, 5.41) is 0. The Morgan fingerprint density at radius 2 is 1.43 bits per heavy atom. The van der Waals surface area contributed by atoms with Crippen LogP contribution in [0.2, 0.25) is 0 Å². The van der Waals surface area contributed by atoms with Gasteiger partial charge in [-0.15, -0.1) is 0 Å². The van der Waals surface area contributed by atoms with Gasteiger partial charge in [0.05, 0.1) is 11.3 Å². The maximum absolute atomic E-state index is 4.82. The Labute approximate surface area is 88.3 Å². The van der Waals surface area contributed by atoms with Crippen molar-refractivity contribution in [1.29, 1.82) is 0 Å². The predicted octanol–water partition coefficient (Wildman–Crippen LogP) is 4.14. The van der Waals surface area contributed by atoms with Crippen LogP contribution in [0.15, 0.2) is 30.3 Å². The molecule has 0 unspecified atom stereocenters. The van der Waals surface area contributed by atoms with Crippen molar-refractivity contribution in [1.82, 2.24) is 0 Å². The van der Waals surface area contributed by atoms with E-state index in [1.165, 1.54) is 0 Å². The summed E-state index contributed by atoms with van der Waals surface area (Å²) in [5.74, 6) is 1.13. The fourth-order valence-electron chi connectivity index (χ4n) is 1.46. The van der Waals surface area contributed by atoms with Crippen molar-refractivity contribution in [3.63, 3.8) is 0 Å². The average molecular weight is 211 g/mol. The summed E-state index contributed by atoms with van der Waals surface area (Å²) in [4.78, 5) is 0. The minimum absolute atomic E-state index is 0.230. The smallest absolute Gasteiger partial charge is 0.254 e. The maximum Gasteiger partial charge on any atom is 0.254 e. The second kappa shape index (κ2) is 5.36. The van der Waals surface area contributed by atoms with Gasteiger partial charge in [0.1, 0.15) is 0 Å². The van der Waals surface area contributed by atoms with Crippen molar-refractivity contribution in [2.75, 3.05) is 0 Å². The molecule has 0 aromatic heterocycles. The highest BCUT2D eigenvalue weighted by molar-refractivity contribution is 7.53. The highest BCUT2D eigenvalue weighted by Crippen LogP contribution is 2.48. The van der Waals surface area contributed by atoms with Crippen LogP contribution in [0.3, 0.4) is 0 Å². The molecule has 0 spiro atoms. The Morgan fingerprint density at radius 1 is 0.929 bits per heavy atom. The Bertz CT molecular complexity index is 248. The molecule has 0 aliphatic rings. The monoisotopic (exact) mass is 211 g/mol. The third-order valence-electron chi connectivity index (χ3n) is 2.05. The van der Waals surface area contributed by atoms with Gasteiger partial charge in [0.15, 0.2) is 0 Å². The molecule has 1 N–H and O–H groups in total. The van der Waals surface area contributed by atoms with Crippen molar-refractivity contribution in [3.05, 3.63) is 30.3 Å². The van der Waals surface area contributed by atoms with Crippen molar-refractivity contribution in [2.45, 2.75) is 39.0 Å². The molecule has 0 fully saturated rings. The largest absolute Gasteiger partial charge is 0.575 e. The molecule has 0 heterocycles. The molecule has 0 radical (unpaired) electrons. The molecule has 0 aliphatic carbocycles. The SMILES string of the molecule is CC(C)P([OH+]c1ccccc1)C(C)C. The fourth-order valence-corrected chi connectivity index (χ4v) is 3.51. The highest BCUT2D eigenvalue weighted by atomic mass is 31.1. The van der Waals surface area contributed by atoms with Crippen molar-refractivity contribution in [2.24, 2.45) is 0 Å². The predicted molar refractivity (Wildman–Crippen MR) is 65.3 cm³/mol. The number of rotatable bonds is 4. The van der Waals surface area contributed by atoms with E-state index in [-0.39, 0.29) is 8.15 Å². The van der Waals surface area contributed by atoms with Gasteiger partial charge in [0, 0.05) is 12.1 Å². The molecule has 14 heavy (non-hydrogen) atoms. The number of hydrogen-bond donors (Lipinski definition) is 0. The third-order valence-corrected chi connectivity index (χ3v) is 4.62. The Morgan fingerprint density at radius 3 is 1.86 bits per heavy atom. The standard InChI is InChI=1S/C12H19OP/c1-10(2)14(11(3)4)13-12-8-6-5-7-9-12/h5-11H,1-4H3/p+1.